The van der Waals surface area contributed by atoms with E-state index in [1.54, 1.807) is 25.3 Å². The van der Waals surface area contributed by atoms with Crippen LogP contribution in [0.4, 0.5) is 0 Å². The quantitative estimate of drug-likeness (QED) is 0.696. The number of furan rings is 1. The second-order valence-corrected chi connectivity index (χ2v) is 7.14. The average molecular weight is 374 g/mol. The summed E-state index contributed by atoms with van der Waals surface area (Å²) >= 11 is 6.10. The first-order valence-corrected chi connectivity index (χ1v) is 8.93. The molecule has 1 amide bonds. The Hall–Kier alpha value is -2.47. The van der Waals surface area contributed by atoms with Gasteiger partial charge in [0.15, 0.2) is 17.1 Å². The number of aromatic nitrogens is 2. The molecule has 0 N–H and O–H groups in total. The van der Waals surface area contributed by atoms with Gasteiger partial charge in [0.05, 0.1) is 18.8 Å². The Bertz CT molecular complexity index is 991. The van der Waals surface area contributed by atoms with E-state index in [1.165, 1.54) is 0 Å². The summed E-state index contributed by atoms with van der Waals surface area (Å²) < 4.78 is 13.1. The lowest BCUT2D eigenvalue weighted by Crippen LogP contribution is -2.29. The van der Waals surface area contributed by atoms with E-state index in [2.05, 4.69) is 11.2 Å². The second-order valence-electron chi connectivity index (χ2n) is 6.70. The van der Waals surface area contributed by atoms with Gasteiger partial charge in [-0.05, 0) is 38.5 Å². The summed E-state index contributed by atoms with van der Waals surface area (Å²) in [5, 5.41) is 5.85. The summed E-state index contributed by atoms with van der Waals surface area (Å²) in [6, 6.07) is 7.42. The van der Waals surface area contributed by atoms with Gasteiger partial charge in [-0.3, -0.25) is 9.48 Å². The van der Waals surface area contributed by atoms with Crippen LogP contribution in [-0.2, 0) is 0 Å². The maximum absolute atomic E-state index is 12.9. The molecule has 1 fully saturated rings. The number of hydrogen-bond acceptors (Lipinski definition) is 4. The van der Waals surface area contributed by atoms with E-state index in [0.29, 0.717) is 35.2 Å². The molecule has 1 aliphatic rings. The fraction of sp³-hybridized carbons (Fsp3) is 0.368. The van der Waals surface area contributed by atoms with Crippen molar-refractivity contribution in [1.29, 1.82) is 0 Å². The Kier molecular flexibility index (Phi) is 4.15. The summed E-state index contributed by atoms with van der Waals surface area (Å²) in [5.41, 5.74) is 2.65. The van der Waals surface area contributed by atoms with Gasteiger partial charge in [-0.2, -0.15) is 5.10 Å². The van der Waals surface area contributed by atoms with E-state index < -0.39 is 0 Å². The summed E-state index contributed by atoms with van der Waals surface area (Å²) in [7, 11) is 1.55. The van der Waals surface area contributed by atoms with E-state index in [1.807, 2.05) is 23.4 Å². The second kappa shape index (κ2) is 6.36. The Morgan fingerprint density at radius 1 is 1.31 bits per heavy atom. The molecule has 3 heterocycles. The maximum Gasteiger partial charge on any atom is 0.289 e. The number of amides is 1. The number of methoxy groups -OCH3 is 1. The molecule has 136 valence electrons. The molecule has 0 radical (unpaired) electrons. The van der Waals surface area contributed by atoms with Crippen molar-refractivity contribution >= 4 is 28.5 Å². The number of rotatable bonds is 3. The van der Waals surface area contributed by atoms with Crippen molar-refractivity contribution in [3.05, 3.63) is 46.4 Å². The summed E-state index contributed by atoms with van der Waals surface area (Å²) in [4.78, 5) is 14.7. The SMILES string of the molecule is COc1cc(Cl)cc2cc(C(=O)N3CC[C@@H](n4nc(C)cc4C)C3)oc12. The van der Waals surface area contributed by atoms with Crippen molar-refractivity contribution in [3.8, 4) is 5.75 Å². The zero-order chi connectivity index (χ0) is 18.4. The van der Waals surface area contributed by atoms with Gasteiger partial charge in [0.2, 0.25) is 0 Å². The predicted molar refractivity (Wildman–Crippen MR) is 99.0 cm³/mol. The fourth-order valence-electron chi connectivity index (χ4n) is 3.64. The molecule has 26 heavy (non-hydrogen) atoms. The number of carbonyl (C=O) groups excluding carboxylic acids is 1. The van der Waals surface area contributed by atoms with Gasteiger partial charge in [0.25, 0.3) is 5.91 Å². The molecular weight excluding hydrogens is 354 g/mol. The van der Waals surface area contributed by atoms with Gasteiger partial charge >= 0.3 is 0 Å². The van der Waals surface area contributed by atoms with E-state index in [9.17, 15) is 4.79 Å². The molecule has 1 saturated heterocycles. The molecule has 0 spiro atoms. The Morgan fingerprint density at radius 2 is 2.12 bits per heavy atom. The highest BCUT2D eigenvalue weighted by atomic mass is 35.5. The minimum atomic E-state index is -0.122. The highest BCUT2D eigenvalue weighted by Crippen LogP contribution is 2.33. The standard InChI is InChI=1S/C19H20ClN3O3/c1-11-6-12(2)23(21-11)15-4-5-22(10-15)19(24)17-8-13-7-14(20)9-16(25-3)18(13)26-17/h6-9,15H,4-5,10H2,1-3H3/t15-/m1/s1. The van der Waals surface area contributed by atoms with Crippen LogP contribution in [0, 0.1) is 13.8 Å². The van der Waals surface area contributed by atoms with Crippen LogP contribution in [0.15, 0.2) is 28.7 Å². The molecule has 7 heteroatoms. The molecule has 0 unspecified atom stereocenters. The van der Waals surface area contributed by atoms with E-state index in [-0.39, 0.29) is 11.9 Å². The number of likely N-dealkylation sites (tertiary alicyclic amines) is 1. The van der Waals surface area contributed by atoms with Crippen molar-refractivity contribution < 1.29 is 13.9 Å². The number of halogens is 1. The molecule has 0 bridgehead atoms. The average Bonchev–Trinajstić information content (AvgIpc) is 3.31. The zero-order valence-corrected chi connectivity index (χ0v) is 15.7. The Labute approximate surface area is 156 Å². The number of nitrogens with zero attached hydrogens (tertiary/aromatic N) is 3. The summed E-state index contributed by atoms with van der Waals surface area (Å²) in [5.74, 6) is 0.700. The molecule has 4 rings (SSSR count). The van der Waals surface area contributed by atoms with Crippen LogP contribution in [0.1, 0.15) is 34.4 Å². The Balaban J connectivity index is 1.58. The predicted octanol–water partition coefficient (Wildman–Crippen LogP) is 4.00. The van der Waals surface area contributed by atoms with Crippen molar-refractivity contribution in [2.75, 3.05) is 20.2 Å². The molecule has 1 aromatic carbocycles. The van der Waals surface area contributed by atoms with Crippen molar-refractivity contribution in [2.45, 2.75) is 26.3 Å². The first-order chi connectivity index (χ1) is 12.5. The van der Waals surface area contributed by atoms with Crippen LogP contribution in [0.5, 0.6) is 5.75 Å². The highest BCUT2D eigenvalue weighted by Gasteiger charge is 2.31. The fourth-order valence-corrected chi connectivity index (χ4v) is 3.86. The molecule has 6 nitrogen and oxygen atoms in total. The van der Waals surface area contributed by atoms with Gasteiger partial charge in [-0.25, -0.2) is 0 Å². The van der Waals surface area contributed by atoms with Crippen LogP contribution in [0.25, 0.3) is 11.0 Å². The van der Waals surface area contributed by atoms with Crippen LogP contribution < -0.4 is 4.74 Å². The number of hydrogen-bond donors (Lipinski definition) is 0. The molecule has 1 aliphatic heterocycles. The lowest BCUT2D eigenvalue weighted by Gasteiger charge is -2.16. The van der Waals surface area contributed by atoms with Gasteiger partial charge in [0.1, 0.15) is 0 Å². The van der Waals surface area contributed by atoms with Crippen LogP contribution in [0.2, 0.25) is 5.02 Å². The van der Waals surface area contributed by atoms with Gasteiger partial charge < -0.3 is 14.1 Å². The molecule has 3 aromatic rings. The third kappa shape index (κ3) is 2.84. The molecule has 1 atom stereocenters. The van der Waals surface area contributed by atoms with Crippen molar-refractivity contribution in [3.63, 3.8) is 0 Å². The lowest BCUT2D eigenvalue weighted by atomic mass is 10.2. The smallest absolute Gasteiger partial charge is 0.289 e. The van der Waals surface area contributed by atoms with Gasteiger partial charge in [-0.1, -0.05) is 11.6 Å². The third-order valence-electron chi connectivity index (χ3n) is 4.82. The largest absolute Gasteiger partial charge is 0.493 e. The van der Waals surface area contributed by atoms with E-state index in [0.717, 1.165) is 23.2 Å². The van der Waals surface area contributed by atoms with E-state index >= 15 is 0 Å². The monoisotopic (exact) mass is 373 g/mol. The van der Waals surface area contributed by atoms with Crippen LogP contribution in [-0.4, -0.2) is 40.8 Å². The van der Waals surface area contributed by atoms with Crippen LogP contribution >= 0.6 is 11.6 Å². The minimum Gasteiger partial charge on any atom is -0.493 e. The Morgan fingerprint density at radius 3 is 2.81 bits per heavy atom. The van der Waals surface area contributed by atoms with Crippen molar-refractivity contribution in [1.82, 2.24) is 14.7 Å². The normalized spacial score (nSPS) is 17.2. The third-order valence-corrected chi connectivity index (χ3v) is 5.04. The minimum absolute atomic E-state index is 0.122. The maximum atomic E-state index is 12.9. The number of benzene rings is 1. The highest BCUT2D eigenvalue weighted by molar-refractivity contribution is 6.31. The number of carbonyl (C=O) groups is 1. The van der Waals surface area contributed by atoms with Crippen LogP contribution in [0.3, 0.4) is 0 Å². The first-order valence-electron chi connectivity index (χ1n) is 8.55. The number of ether oxygens (including phenoxy) is 1. The van der Waals surface area contributed by atoms with E-state index in [4.69, 9.17) is 20.8 Å². The first kappa shape index (κ1) is 17.0. The summed E-state index contributed by atoms with van der Waals surface area (Å²) in [6.45, 7) is 5.32. The topological polar surface area (TPSA) is 60.5 Å². The zero-order valence-electron chi connectivity index (χ0n) is 15.0. The molecule has 0 aliphatic carbocycles. The number of fused-ring (bicyclic) bond motifs is 1. The molecular formula is C19H20ClN3O3. The molecule has 2 aromatic heterocycles. The van der Waals surface area contributed by atoms with Gasteiger partial charge in [0, 0.05) is 35.3 Å². The molecule has 0 saturated carbocycles. The lowest BCUT2D eigenvalue weighted by molar-refractivity contribution is 0.0757. The number of aryl methyl sites for hydroxylation is 2. The summed E-state index contributed by atoms with van der Waals surface area (Å²) in [6.07, 6.45) is 0.878. The van der Waals surface area contributed by atoms with Crippen molar-refractivity contribution in [2.24, 2.45) is 0 Å². The van der Waals surface area contributed by atoms with Gasteiger partial charge in [-0.15, -0.1) is 0 Å².